The maximum atomic E-state index is 11.4. The van der Waals surface area contributed by atoms with Crippen molar-refractivity contribution in [1.29, 1.82) is 0 Å². The van der Waals surface area contributed by atoms with Gasteiger partial charge < -0.3 is 4.74 Å². The molecule has 0 unspecified atom stereocenters. The topological polar surface area (TPSA) is 43.4 Å². The minimum Gasteiger partial charge on any atom is -0.491 e. The van der Waals surface area contributed by atoms with Crippen molar-refractivity contribution in [3.63, 3.8) is 0 Å². The summed E-state index contributed by atoms with van der Waals surface area (Å²) in [4.78, 5) is 0. The molecule has 0 spiro atoms. The van der Waals surface area contributed by atoms with Crippen molar-refractivity contribution < 1.29 is 13.2 Å². The van der Waals surface area contributed by atoms with E-state index < -0.39 is 14.5 Å². The van der Waals surface area contributed by atoms with Gasteiger partial charge in [0.15, 0.2) is 0 Å². The van der Waals surface area contributed by atoms with Gasteiger partial charge in [-0.3, -0.25) is 0 Å². The second-order valence-electron chi connectivity index (χ2n) is 4.75. The van der Waals surface area contributed by atoms with Gasteiger partial charge in [0.25, 0.3) is 0 Å². The predicted octanol–water partition coefficient (Wildman–Crippen LogP) is 4.86. The summed E-state index contributed by atoms with van der Waals surface area (Å²) in [7, 11) is 1.82. The summed E-state index contributed by atoms with van der Waals surface area (Å²) in [5, 5.41) is 0.489. The van der Waals surface area contributed by atoms with Crippen LogP contribution in [-0.2, 0) is 9.05 Å². The molecule has 0 atom stereocenters. The first-order valence-corrected chi connectivity index (χ1v) is 9.86. The third-order valence-electron chi connectivity index (χ3n) is 3.41. The van der Waals surface area contributed by atoms with Gasteiger partial charge in [-0.25, -0.2) is 8.42 Å². The fourth-order valence-electron chi connectivity index (χ4n) is 1.88. The fraction of sp³-hybridized carbons (Fsp3) is 0.538. The number of hydrogen-bond donors (Lipinski definition) is 0. The van der Waals surface area contributed by atoms with Crippen LogP contribution in [0.15, 0.2) is 22.7 Å². The van der Waals surface area contributed by atoms with Gasteiger partial charge in [0, 0.05) is 20.6 Å². The lowest BCUT2D eigenvalue weighted by Gasteiger charge is -2.30. The minimum atomic E-state index is -3.58. The number of halogens is 3. The number of hydrogen-bond acceptors (Lipinski definition) is 3. The van der Waals surface area contributed by atoms with E-state index in [1.807, 2.05) is 19.9 Å². The zero-order chi connectivity index (χ0) is 15.4. The first kappa shape index (κ1) is 18.1. The van der Waals surface area contributed by atoms with Crippen molar-refractivity contribution in [2.75, 3.05) is 12.4 Å². The zero-order valence-corrected chi connectivity index (χ0v) is 15.2. The second kappa shape index (κ2) is 7.34. The molecular formula is C13H17BrCl2O3S. The first-order valence-electron chi connectivity index (χ1n) is 6.21. The monoisotopic (exact) mass is 402 g/mol. The van der Waals surface area contributed by atoms with Crippen molar-refractivity contribution in [2.45, 2.75) is 26.7 Å². The maximum absolute atomic E-state index is 11.4. The van der Waals surface area contributed by atoms with E-state index in [2.05, 4.69) is 15.9 Å². The summed E-state index contributed by atoms with van der Waals surface area (Å²) in [6, 6.07) is 5.29. The average Bonchev–Trinajstić information content (AvgIpc) is 2.37. The lowest BCUT2D eigenvalue weighted by Crippen LogP contribution is -2.33. The summed E-state index contributed by atoms with van der Waals surface area (Å²) in [5.41, 5.74) is -0.508. The van der Waals surface area contributed by atoms with Crippen LogP contribution < -0.4 is 4.74 Å². The van der Waals surface area contributed by atoms with Gasteiger partial charge >= 0.3 is 0 Å². The molecule has 20 heavy (non-hydrogen) atoms. The third kappa shape index (κ3) is 5.43. The van der Waals surface area contributed by atoms with Gasteiger partial charge in [0.05, 0.1) is 17.4 Å². The van der Waals surface area contributed by atoms with E-state index in [9.17, 15) is 8.42 Å². The normalized spacial score (nSPS) is 12.4. The summed E-state index contributed by atoms with van der Waals surface area (Å²) in [6.45, 7) is 4.11. The number of ether oxygens (including phenoxy) is 1. The molecule has 114 valence electrons. The van der Waals surface area contributed by atoms with Crippen molar-refractivity contribution in [3.8, 4) is 5.75 Å². The first-order chi connectivity index (χ1) is 9.21. The molecule has 3 nitrogen and oxygen atoms in total. The van der Waals surface area contributed by atoms with Crippen molar-refractivity contribution >= 4 is 47.3 Å². The van der Waals surface area contributed by atoms with Crippen LogP contribution in [0.25, 0.3) is 0 Å². The summed E-state index contributed by atoms with van der Waals surface area (Å²) in [5.74, 6) is 0.416. The largest absolute Gasteiger partial charge is 0.491 e. The molecule has 0 aromatic heterocycles. The standard InChI is InChI=1S/C13H17BrCl2O3S/c1-3-13(4-2,9-20(16,17)18)8-19-12-7-10(14)5-6-11(12)15/h5-7H,3-4,8-9H2,1-2H3. The molecule has 0 aliphatic carbocycles. The number of benzene rings is 1. The van der Waals surface area contributed by atoms with Crippen LogP contribution in [0.2, 0.25) is 5.02 Å². The SMILES string of the molecule is CCC(CC)(COc1cc(Br)ccc1Cl)CS(=O)(=O)Cl. The van der Waals surface area contributed by atoms with E-state index in [0.29, 0.717) is 23.6 Å². The molecule has 0 aliphatic rings. The average molecular weight is 404 g/mol. The van der Waals surface area contributed by atoms with Crippen LogP contribution in [0.3, 0.4) is 0 Å². The summed E-state index contributed by atoms with van der Waals surface area (Å²) < 4.78 is 29.3. The van der Waals surface area contributed by atoms with Gasteiger partial charge in [-0.1, -0.05) is 41.4 Å². The highest BCUT2D eigenvalue weighted by molar-refractivity contribution is 9.10. The van der Waals surface area contributed by atoms with Crippen LogP contribution >= 0.6 is 38.2 Å². The molecule has 0 fully saturated rings. The fourth-order valence-corrected chi connectivity index (χ4v) is 4.31. The van der Waals surface area contributed by atoms with Crippen LogP contribution in [0.5, 0.6) is 5.75 Å². The van der Waals surface area contributed by atoms with Crippen LogP contribution in [0.4, 0.5) is 0 Å². The smallest absolute Gasteiger partial charge is 0.233 e. The maximum Gasteiger partial charge on any atom is 0.233 e. The minimum absolute atomic E-state index is 0.111. The molecule has 0 aliphatic heterocycles. The van der Waals surface area contributed by atoms with Gasteiger partial charge in [0.1, 0.15) is 5.75 Å². The van der Waals surface area contributed by atoms with E-state index in [4.69, 9.17) is 27.0 Å². The van der Waals surface area contributed by atoms with Gasteiger partial charge in [-0.15, -0.1) is 0 Å². The molecule has 0 saturated heterocycles. The highest BCUT2D eigenvalue weighted by Crippen LogP contribution is 2.33. The predicted molar refractivity (Wildman–Crippen MR) is 87.3 cm³/mol. The molecule has 0 saturated carbocycles. The van der Waals surface area contributed by atoms with Gasteiger partial charge in [-0.2, -0.15) is 0 Å². The molecule has 0 N–H and O–H groups in total. The molecule has 1 aromatic carbocycles. The van der Waals surface area contributed by atoms with Crippen molar-refractivity contribution in [2.24, 2.45) is 5.41 Å². The summed E-state index contributed by atoms with van der Waals surface area (Å²) >= 11 is 9.40. The lowest BCUT2D eigenvalue weighted by atomic mass is 9.85. The Balaban J connectivity index is 2.89. The molecule has 0 bridgehead atoms. The second-order valence-corrected chi connectivity index (χ2v) is 8.85. The Labute approximate surface area is 138 Å². The summed E-state index contributed by atoms with van der Waals surface area (Å²) in [6.07, 6.45) is 1.31. The van der Waals surface area contributed by atoms with Crippen LogP contribution in [0.1, 0.15) is 26.7 Å². The Hall–Kier alpha value is 0.0300. The number of rotatable bonds is 7. The van der Waals surface area contributed by atoms with E-state index in [0.717, 1.165) is 4.47 Å². The van der Waals surface area contributed by atoms with Gasteiger partial charge in [0.2, 0.25) is 9.05 Å². The van der Waals surface area contributed by atoms with E-state index in [1.165, 1.54) is 0 Å². The quantitative estimate of drug-likeness (QED) is 0.610. The Morgan fingerprint density at radius 1 is 1.30 bits per heavy atom. The molecule has 1 aromatic rings. The third-order valence-corrected chi connectivity index (χ3v) is 5.50. The molecule has 7 heteroatoms. The Kier molecular flexibility index (Phi) is 6.64. The van der Waals surface area contributed by atoms with Crippen LogP contribution in [-0.4, -0.2) is 20.8 Å². The molecule has 0 amide bonds. The molecule has 0 heterocycles. The van der Waals surface area contributed by atoms with E-state index >= 15 is 0 Å². The lowest BCUT2D eigenvalue weighted by molar-refractivity contribution is 0.155. The molecule has 0 radical (unpaired) electrons. The Morgan fingerprint density at radius 2 is 1.90 bits per heavy atom. The Bertz CT molecular complexity index is 557. The zero-order valence-electron chi connectivity index (χ0n) is 11.3. The Morgan fingerprint density at radius 3 is 2.40 bits per heavy atom. The van der Waals surface area contributed by atoms with Gasteiger partial charge in [-0.05, 0) is 31.0 Å². The van der Waals surface area contributed by atoms with Crippen LogP contribution in [0, 0.1) is 5.41 Å². The van der Waals surface area contributed by atoms with E-state index in [-0.39, 0.29) is 12.4 Å². The highest BCUT2D eigenvalue weighted by atomic mass is 79.9. The highest BCUT2D eigenvalue weighted by Gasteiger charge is 2.32. The molecule has 1 rings (SSSR count). The van der Waals surface area contributed by atoms with Crippen molar-refractivity contribution in [3.05, 3.63) is 27.7 Å². The van der Waals surface area contributed by atoms with E-state index in [1.54, 1.807) is 12.1 Å². The van der Waals surface area contributed by atoms with Crippen molar-refractivity contribution in [1.82, 2.24) is 0 Å². The molecular weight excluding hydrogens is 387 g/mol.